The molecule has 98 valence electrons. The molecule has 0 saturated carbocycles. The van der Waals surface area contributed by atoms with Crippen LogP contribution in [0.4, 0.5) is 4.39 Å². The predicted molar refractivity (Wildman–Crippen MR) is 59.9 cm³/mol. The normalized spacial score (nSPS) is 23.4. The lowest BCUT2D eigenvalue weighted by atomic mass is 10.1. The highest BCUT2D eigenvalue weighted by molar-refractivity contribution is 5.94. The summed E-state index contributed by atoms with van der Waals surface area (Å²) in [5, 5.41) is 12.8. The first-order valence-electron chi connectivity index (χ1n) is 5.56. The number of carbonyl (C=O) groups excluding carboxylic acids is 1. The van der Waals surface area contributed by atoms with Gasteiger partial charge in [0.15, 0.2) is 0 Å². The van der Waals surface area contributed by atoms with Crippen LogP contribution < -0.4 is 0 Å². The number of carbonyl (C=O) groups is 2. The molecule has 0 spiro atoms. The van der Waals surface area contributed by atoms with Gasteiger partial charge in [-0.25, -0.2) is 9.18 Å². The molecule has 1 N–H and O–H groups in total. The predicted octanol–water partition coefficient (Wildman–Crippen LogP) is 0.367. The van der Waals surface area contributed by atoms with E-state index in [4.69, 9.17) is 5.11 Å². The third-order valence-electron chi connectivity index (χ3n) is 3.11. The first-order valence-corrected chi connectivity index (χ1v) is 5.56. The van der Waals surface area contributed by atoms with E-state index >= 15 is 0 Å². The third kappa shape index (κ3) is 1.96. The topological polar surface area (TPSA) is 75.4 Å². The Labute approximate surface area is 103 Å². The largest absolute Gasteiger partial charge is 0.479 e. The molecule has 1 aliphatic rings. The maximum atomic E-state index is 13.9. The highest BCUT2D eigenvalue weighted by Gasteiger charge is 2.47. The third-order valence-corrected chi connectivity index (χ3v) is 3.11. The average Bonchev–Trinajstić information content (AvgIpc) is 2.82. The zero-order valence-electron chi connectivity index (χ0n) is 10.2. The number of hydrogen-bond acceptors (Lipinski definition) is 3. The molecule has 2 rings (SSSR count). The van der Waals surface area contributed by atoms with E-state index in [0.29, 0.717) is 11.4 Å². The van der Waals surface area contributed by atoms with Crippen molar-refractivity contribution in [3.05, 3.63) is 17.5 Å². The van der Waals surface area contributed by atoms with E-state index in [1.165, 1.54) is 9.58 Å². The Morgan fingerprint density at radius 2 is 2.22 bits per heavy atom. The number of aryl methyl sites for hydroxylation is 2. The molecule has 1 saturated heterocycles. The van der Waals surface area contributed by atoms with Crippen molar-refractivity contribution in [3.8, 4) is 0 Å². The van der Waals surface area contributed by atoms with Crippen LogP contribution in [-0.4, -0.2) is 50.4 Å². The fraction of sp³-hybridized carbons (Fsp3) is 0.545. The Kier molecular flexibility index (Phi) is 2.84. The van der Waals surface area contributed by atoms with Crippen molar-refractivity contribution in [2.24, 2.45) is 7.05 Å². The van der Waals surface area contributed by atoms with Crippen LogP contribution in [0.3, 0.4) is 0 Å². The molecule has 1 fully saturated rings. The van der Waals surface area contributed by atoms with Crippen LogP contribution in [0.1, 0.15) is 22.6 Å². The molecule has 1 unspecified atom stereocenters. The van der Waals surface area contributed by atoms with Crippen LogP contribution in [0, 0.1) is 6.92 Å². The monoisotopic (exact) mass is 255 g/mol. The SMILES string of the molecule is Cc1cc(C(=O)N2CCC(F)(C(=O)O)C2)n(C)n1. The molecule has 0 bridgehead atoms. The first-order chi connectivity index (χ1) is 8.33. The van der Waals surface area contributed by atoms with E-state index in [1.807, 2.05) is 0 Å². The zero-order chi connectivity index (χ0) is 13.5. The summed E-state index contributed by atoms with van der Waals surface area (Å²) in [7, 11) is 1.62. The Bertz CT molecular complexity index is 514. The van der Waals surface area contributed by atoms with E-state index in [0.717, 1.165) is 0 Å². The number of aliphatic carboxylic acids is 1. The van der Waals surface area contributed by atoms with Crippen molar-refractivity contribution in [3.63, 3.8) is 0 Å². The van der Waals surface area contributed by atoms with Gasteiger partial charge in [-0.1, -0.05) is 0 Å². The molecule has 1 amide bonds. The Balaban J connectivity index is 2.18. The molecule has 0 aromatic carbocycles. The second kappa shape index (κ2) is 4.08. The Hall–Kier alpha value is -1.92. The van der Waals surface area contributed by atoms with Crippen LogP contribution in [0.15, 0.2) is 6.07 Å². The average molecular weight is 255 g/mol. The number of halogens is 1. The second-order valence-electron chi connectivity index (χ2n) is 4.54. The van der Waals surface area contributed by atoms with Gasteiger partial charge >= 0.3 is 5.97 Å². The molecule has 1 atom stereocenters. The van der Waals surface area contributed by atoms with E-state index in [1.54, 1.807) is 20.0 Å². The summed E-state index contributed by atoms with van der Waals surface area (Å²) in [5.41, 5.74) is -1.31. The molecule has 0 radical (unpaired) electrons. The minimum absolute atomic E-state index is 0.103. The van der Waals surface area contributed by atoms with E-state index in [2.05, 4.69) is 5.10 Å². The van der Waals surface area contributed by atoms with Gasteiger partial charge in [0, 0.05) is 20.0 Å². The van der Waals surface area contributed by atoms with E-state index < -0.39 is 18.2 Å². The summed E-state index contributed by atoms with van der Waals surface area (Å²) < 4.78 is 15.3. The highest BCUT2D eigenvalue weighted by atomic mass is 19.1. The first kappa shape index (κ1) is 12.5. The van der Waals surface area contributed by atoms with Gasteiger partial charge in [0.2, 0.25) is 5.67 Å². The Morgan fingerprint density at radius 1 is 1.56 bits per heavy atom. The van der Waals surface area contributed by atoms with Crippen molar-refractivity contribution in [2.75, 3.05) is 13.1 Å². The van der Waals surface area contributed by atoms with Gasteiger partial charge in [0.1, 0.15) is 5.69 Å². The number of carboxylic acids is 1. The van der Waals surface area contributed by atoms with Gasteiger partial charge in [-0.05, 0) is 13.0 Å². The van der Waals surface area contributed by atoms with Crippen molar-refractivity contribution >= 4 is 11.9 Å². The molecule has 18 heavy (non-hydrogen) atoms. The van der Waals surface area contributed by atoms with E-state index in [9.17, 15) is 14.0 Å². The summed E-state index contributed by atoms with van der Waals surface area (Å²) >= 11 is 0. The number of nitrogens with zero attached hydrogens (tertiary/aromatic N) is 3. The van der Waals surface area contributed by atoms with Crippen LogP contribution >= 0.6 is 0 Å². The summed E-state index contributed by atoms with van der Waals surface area (Å²) in [5.74, 6) is -1.90. The van der Waals surface area contributed by atoms with Gasteiger partial charge in [0.25, 0.3) is 5.91 Å². The number of likely N-dealkylation sites (tertiary alicyclic amines) is 1. The maximum Gasteiger partial charge on any atom is 0.343 e. The van der Waals surface area contributed by atoms with Crippen LogP contribution in [-0.2, 0) is 11.8 Å². The van der Waals surface area contributed by atoms with Gasteiger partial charge in [-0.15, -0.1) is 0 Å². The van der Waals surface area contributed by atoms with Crippen molar-refractivity contribution in [2.45, 2.75) is 19.0 Å². The quantitative estimate of drug-likeness (QED) is 0.828. The Morgan fingerprint density at radius 3 is 2.67 bits per heavy atom. The lowest BCUT2D eigenvalue weighted by Gasteiger charge is -2.17. The number of alkyl halides is 1. The van der Waals surface area contributed by atoms with Crippen molar-refractivity contribution in [1.29, 1.82) is 0 Å². The summed E-state index contributed by atoms with van der Waals surface area (Å²) in [4.78, 5) is 24.1. The maximum absolute atomic E-state index is 13.9. The second-order valence-corrected chi connectivity index (χ2v) is 4.54. The zero-order valence-corrected chi connectivity index (χ0v) is 10.2. The number of hydrogen-bond donors (Lipinski definition) is 1. The molecular formula is C11H14FN3O3. The molecule has 1 aromatic heterocycles. The summed E-state index contributed by atoms with van der Waals surface area (Å²) in [6, 6.07) is 1.60. The fourth-order valence-corrected chi connectivity index (χ4v) is 2.09. The standard InChI is InChI=1S/C11H14FN3O3/c1-7-5-8(14(2)13-7)9(16)15-4-3-11(12,6-15)10(17)18/h5H,3-4,6H2,1-2H3,(H,17,18). The summed E-state index contributed by atoms with van der Waals surface area (Å²) in [6.45, 7) is 1.44. The van der Waals surface area contributed by atoms with Gasteiger partial charge < -0.3 is 10.0 Å². The molecule has 6 nitrogen and oxygen atoms in total. The number of carboxylic acid groups (broad SMARTS) is 1. The number of aromatic nitrogens is 2. The van der Waals surface area contributed by atoms with Gasteiger partial charge in [-0.2, -0.15) is 5.10 Å². The lowest BCUT2D eigenvalue weighted by Crippen LogP contribution is -2.39. The van der Waals surface area contributed by atoms with Gasteiger partial charge in [0.05, 0.1) is 12.2 Å². The molecule has 0 aliphatic carbocycles. The van der Waals surface area contributed by atoms with Crippen LogP contribution in [0.5, 0.6) is 0 Å². The van der Waals surface area contributed by atoms with Crippen molar-refractivity contribution < 1.29 is 19.1 Å². The highest BCUT2D eigenvalue weighted by Crippen LogP contribution is 2.27. The number of amides is 1. The molecule has 1 aliphatic heterocycles. The van der Waals surface area contributed by atoms with Crippen molar-refractivity contribution in [1.82, 2.24) is 14.7 Å². The molecule has 2 heterocycles. The van der Waals surface area contributed by atoms with Gasteiger partial charge in [-0.3, -0.25) is 9.48 Å². The van der Waals surface area contributed by atoms with E-state index in [-0.39, 0.29) is 18.9 Å². The van der Waals surface area contributed by atoms with Crippen LogP contribution in [0.2, 0.25) is 0 Å². The summed E-state index contributed by atoms with van der Waals surface area (Å²) in [6.07, 6.45) is -0.176. The van der Waals surface area contributed by atoms with Crippen LogP contribution in [0.25, 0.3) is 0 Å². The minimum Gasteiger partial charge on any atom is -0.479 e. The molecule has 7 heteroatoms. The number of rotatable bonds is 2. The molecule has 1 aromatic rings. The fourth-order valence-electron chi connectivity index (χ4n) is 2.09. The molecular weight excluding hydrogens is 241 g/mol. The lowest BCUT2D eigenvalue weighted by molar-refractivity contribution is -0.149. The smallest absolute Gasteiger partial charge is 0.343 e. The minimum atomic E-state index is -2.33.